The van der Waals surface area contributed by atoms with Crippen molar-refractivity contribution in [2.75, 3.05) is 6.54 Å². The van der Waals surface area contributed by atoms with E-state index in [-0.39, 0.29) is 0 Å². The number of aliphatic hydroxyl groups is 1. The van der Waals surface area contributed by atoms with E-state index in [1.54, 1.807) is 0 Å². The van der Waals surface area contributed by atoms with Gasteiger partial charge in [-0.1, -0.05) is 20.8 Å². The Kier molecular flexibility index (Phi) is 4.55. The number of hydrogen-bond donors (Lipinski definition) is 2. The number of rotatable bonds is 5. The molecule has 1 aliphatic carbocycles. The van der Waals surface area contributed by atoms with Crippen molar-refractivity contribution >= 4 is 0 Å². The summed E-state index contributed by atoms with van der Waals surface area (Å²) in [6.07, 6.45) is 7.05. The lowest BCUT2D eigenvalue weighted by atomic mass is 9.71. The van der Waals surface area contributed by atoms with Crippen LogP contribution in [-0.4, -0.2) is 27.0 Å². The van der Waals surface area contributed by atoms with Crippen LogP contribution in [0.5, 0.6) is 0 Å². The van der Waals surface area contributed by atoms with Crippen LogP contribution in [0.1, 0.15) is 57.7 Å². The van der Waals surface area contributed by atoms with Crippen molar-refractivity contribution in [3.63, 3.8) is 0 Å². The van der Waals surface area contributed by atoms with Gasteiger partial charge in [0.25, 0.3) is 0 Å². The summed E-state index contributed by atoms with van der Waals surface area (Å²) in [7, 11) is 1.96. The van der Waals surface area contributed by atoms with E-state index in [0.717, 1.165) is 44.3 Å². The Morgan fingerprint density at radius 3 is 2.55 bits per heavy atom. The van der Waals surface area contributed by atoms with E-state index in [9.17, 15) is 5.11 Å². The average Bonchev–Trinajstić information content (AvgIpc) is 2.74. The molecular weight excluding hydrogens is 250 g/mol. The van der Waals surface area contributed by atoms with Gasteiger partial charge in [0.1, 0.15) is 0 Å². The normalized spacial score (nSPS) is 21.1. The minimum atomic E-state index is -0.524. The van der Waals surface area contributed by atoms with Gasteiger partial charge in [-0.15, -0.1) is 0 Å². The number of nitrogens with zero attached hydrogens (tertiary/aromatic N) is 2. The Morgan fingerprint density at radius 2 is 1.95 bits per heavy atom. The third kappa shape index (κ3) is 3.83. The highest BCUT2D eigenvalue weighted by Gasteiger charge is 2.36. The molecule has 0 aliphatic heterocycles. The van der Waals surface area contributed by atoms with E-state index in [1.165, 1.54) is 5.56 Å². The molecule has 4 nitrogen and oxygen atoms in total. The molecule has 0 unspecified atom stereocenters. The minimum Gasteiger partial charge on any atom is -0.389 e. The smallest absolute Gasteiger partial charge is 0.0772 e. The summed E-state index contributed by atoms with van der Waals surface area (Å²) in [5, 5.41) is 18.5. The Balaban J connectivity index is 1.83. The van der Waals surface area contributed by atoms with Crippen molar-refractivity contribution in [3.8, 4) is 0 Å². The first-order valence-corrected chi connectivity index (χ1v) is 7.78. The van der Waals surface area contributed by atoms with Crippen LogP contribution in [0.3, 0.4) is 0 Å². The summed E-state index contributed by atoms with van der Waals surface area (Å²) in [6.45, 7) is 8.19. The summed E-state index contributed by atoms with van der Waals surface area (Å²) in [5.41, 5.74) is 2.27. The van der Waals surface area contributed by atoms with Gasteiger partial charge >= 0.3 is 0 Å². The number of nitrogens with one attached hydrogen (secondary N) is 1. The topological polar surface area (TPSA) is 50.1 Å². The van der Waals surface area contributed by atoms with Crippen molar-refractivity contribution in [2.24, 2.45) is 12.5 Å². The summed E-state index contributed by atoms with van der Waals surface area (Å²) in [5.74, 6) is 0. The van der Waals surface area contributed by atoms with Crippen molar-refractivity contribution in [3.05, 3.63) is 17.5 Å². The van der Waals surface area contributed by atoms with Gasteiger partial charge in [0.2, 0.25) is 0 Å². The second-order valence-electron chi connectivity index (χ2n) is 7.12. The van der Waals surface area contributed by atoms with E-state index in [4.69, 9.17) is 0 Å². The van der Waals surface area contributed by atoms with Gasteiger partial charge in [-0.2, -0.15) is 5.10 Å². The molecule has 114 valence electrons. The fourth-order valence-electron chi connectivity index (χ4n) is 3.03. The quantitative estimate of drug-likeness (QED) is 0.870. The first-order valence-electron chi connectivity index (χ1n) is 7.78. The van der Waals surface area contributed by atoms with Gasteiger partial charge in [-0.05, 0) is 37.5 Å². The van der Waals surface area contributed by atoms with Crippen LogP contribution in [0.4, 0.5) is 0 Å². The highest BCUT2D eigenvalue weighted by molar-refractivity contribution is 5.16. The zero-order chi connectivity index (χ0) is 14.8. The van der Waals surface area contributed by atoms with Crippen LogP contribution in [0.25, 0.3) is 0 Å². The van der Waals surface area contributed by atoms with Crippen molar-refractivity contribution in [1.82, 2.24) is 15.1 Å². The number of aromatic nitrogens is 2. The third-order valence-corrected chi connectivity index (χ3v) is 4.63. The molecule has 0 bridgehead atoms. The molecule has 1 heterocycles. The molecule has 1 aromatic heterocycles. The van der Waals surface area contributed by atoms with Gasteiger partial charge in [0.05, 0.1) is 11.3 Å². The minimum absolute atomic E-state index is 0.394. The van der Waals surface area contributed by atoms with Gasteiger partial charge in [0, 0.05) is 31.9 Å². The Hall–Kier alpha value is -0.870. The Morgan fingerprint density at radius 1 is 1.30 bits per heavy atom. The SMILES string of the molecule is CCc1nn(C)cc1CNCC1(O)CCC(C)(C)CC1. The standard InChI is InChI=1S/C16H29N3O/c1-5-14-13(11-19(4)18-14)10-17-12-16(20)8-6-15(2,3)7-9-16/h11,17,20H,5-10,12H2,1-4H3. The maximum Gasteiger partial charge on any atom is 0.0772 e. The second kappa shape index (κ2) is 5.86. The fourth-order valence-corrected chi connectivity index (χ4v) is 3.03. The van der Waals surface area contributed by atoms with E-state index in [1.807, 2.05) is 11.7 Å². The average molecular weight is 279 g/mol. The zero-order valence-corrected chi connectivity index (χ0v) is 13.4. The zero-order valence-electron chi connectivity index (χ0n) is 13.4. The maximum atomic E-state index is 10.6. The van der Waals surface area contributed by atoms with Crippen LogP contribution < -0.4 is 5.32 Å². The largest absolute Gasteiger partial charge is 0.389 e. The monoisotopic (exact) mass is 279 g/mol. The van der Waals surface area contributed by atoms with Crippen LogP contribution in [0, 0.1) is 5.41 Å². The maximum absolute atomic E-state index is 10.6. The molecule has 0 atom stereocenters. The molecular formula is C16H29N3O. The van der Waals surface area contributed by atoms with E-state index >= 15 is 0 Å². The second-order valence-corrected chi connectivity index (χ2v) is 7.12. The van der Waals surface area contributed by atoms with E-state index in [0.29, 0.717) is 12.0 Å². The molecule has 1 fully saturated rings. The summed E-state index contributed by atoms with van der Waals surface area (Å²) in [4.78, 5) is 0. The molecule has 1 saturated carbocycles. The lowest BCUT2D eigenvalue weighted by Gasteiger charge is -2.40. The number of hydrogen-bond acceptors (Lipinski definition) is 3. The van der Waals surface area contributed by atoms with Crippen LogP contribution in [-0.2, 0) is 20.0 Å². The first kappa shape index (κ1) is 15.5. The van der Waals surface area contributed by atoms with Gasteiger partial charge in [-0.3, -0.25) is 4.68 Å². The third-order valence-electron chi connectivity index (χ3n) is 4.63. The van der Waals surface area contributed by atoms with Crippen molar-refractivity contribution in [1.29, 1.82) is 0 Å². The molecule has 1 aromatic rings. The highest BCUT2D eigenvalue weighted by atomic mass is 16.3. The Bertz CT molecular complexity index is 441. The van der Waals surface area contributed by atoms with Crippen LogP contribution >= 0.6 is 0 Å². The van der Waals surface area contributed by atoms with Crippen LogP contribution in [0.15, 0.2) is 6.20 Å². The van der Waals surface area contributed by atoms with Gasteiger partial charge < -0.3 is 10.4 Å². The molecule has 0 amide bonds. The fraction of sp³-hybridized carbons (Fsp3) is 0.812. The van der Waals surface area contributed by atoms with Crippen LogP contribution in [0.2, 0.25) is 0 Å². The molecule has 2 N–H and O–H groups in total. The predicted molar refractivity (Wildman–Crippen MR) is 81.5 cm³/mol. The van der Waals surface area contributed by atoms with Gasteiger partial charge in [0.15, 0.2) is 0 Å². The lowest BCUT2D eigenvalue weighted by molar-refractivity contribution is -0.0245. The van der Waals surface area contributed by atoms with Gasteiger partial charge in [-0.25, -0.2) is 0 Å². The van der Waals surface area contributed by atoms with Crippen molar-refractivity contribution < 1.29 is 5.11 Å². The molecule has 4 heteroatoms. The molecule has 0 aromatic carbocycles. The summed E-state index contributed by atoms with van der Waals surface area (Å²) in [6, 6.07) is 0. The highest BCUT2D eigenvalue weighted by Crippen LogP contribution is 2.39. The molecule has 2 rings (SSSR count). The summed E-state index contributed by atoms with van der Waals surface area (Å²) < 4.78 is 1.87. The first-order chi connectivity index (χ1) is 9.34. The molecule has 0 saturated heterocycles. The van der Waals surface area contributed by atoms with E-state index in [2.05, 4.69) is 37.4 Å². The van der Waals surface area contributed by atoms with Crippen molar-refractivity contribution in [2.45, 2.75) is 65.0 Å². The number of aryl methyl sites for hydroxylation is 2. The molecule has 20 heavy (non-hydrogen) atoms. The molecule has 0 spiro atoms. The lowest BCUT2D eigenvalue weighted by Crippen LogP contribution is -2.44. The summed E-state index contributed by atoms with van der Waals surface area (Å²) >= 11 is 0. The predicted octanol–water partition coefficient (Wildman–Crippen LogP) is 2.40. The van der Waals surface area contributed by atoms with E-state index < -0.39 is 5.60 Å². The Labute approximate surface area is 122 Å². The molecule has 0 radical (unpaired) electrons. The molecule has 1 aliphatic rings.